The number of aromatic nitrogens is 1. The van der Waals surface area contributed by atoms with Gasteiger partial charge in [-0.25, -0.2) is 4.98 Å². The monoisotopic (exact) mass is 481 g/mol. The lowest BCUT2D eigenvalue weighted by Gasteiger charge is -2.36. The van der Waals surface area contributed by atoms with Crippen molar-refractivity contribution in [1.29, 1.82) is 5.26 Å². The Morgan fingerprint density at radius 3 is 2.60 bits per heavy atom. The summed E-state index contributed by atoms with van der Waals surface area (Å²) >= 11 is 0. The Morgan fingerprint density at radius 2 is 1.91 bits per heavy atom. The molecule has 9 heteroatoms. The Kier molecular flexibility index (Phi) is 6.76. The van der Waals surface area contributed by atoms with Crippen LogP contribution in [0.5, 0.6) is 11.6 Å². The first kappa shape index (κ1) is 24.2. The van der Waals surface area contributed by atoms with Crippen molar-refractivity contribution in [2.45, 2.75) is 31.4 Å². The van der Waals surface area contributed by atoms with E-state index in [0.717, 1.165) is 12.1 Å². The first-order valence-corrected chi connectivity index (χ1v) is 10.9. The van der Waals surface area contributed by atoms with Crippen molar-refractivity contribution in [2.75, 3.05) is 18.5 Å². The van der Waals surface area contributed by atoms with Crippen molar-refractivity contribution < 1.29 is 27.4 Å². The van der Waals surface area contributed by atoms with Crippen molar-refractivity contribution in [3.05, 3.63) is 83.0 Å². The van der Waals surface area contributed by atoms with E-state index in [2.05, 4.69) is 10.3 Å². The summed E-state index contributed by atoms with van der Waals surface area (Å²) in [7, 11) is 0. The summed E-state index contributed by atoms with van der Waals surface area (Å²) in [6.45, 7) is 2.30. The number of benzene rings is 2. The number of amides is 1. The van der Waals surface area contributed by atoms with Crippen molar-refractivity contribution in [3.63, 3.8) is 0 Å². The summed E-state index contributed by atoms with van der Waals surface area (Å²) in [6, 6.07) is 15.1. The first-order valence-electron chi connectivity index (χ1n) is 10.9. The molecule has 1 aliphatic rings. The number of pyridine rings is 1. The molecular formula is C26H22F3N3O3. The van der Waals surface area contributed by atoms with E-state index in [1.165, 1.54) is 12.3 Å². The molecule has 180 valence electrons. The SMILES string of the molecule is Cc1cc(Oc2ncccc2C#N)ccc1NC(=O)C1(c2cccc(C(F)(F)F)c2)CCOCC1. The molecule has 0 radical (unpaired) electrons. The molecule has 0 atom stereocenters. The van der Waals surface area contributed by atoms with Crippen LogP contribution in [0.4, 0.5) is 18.9 Å². The van der Waals surface area contributed by atoms with Gasteiger partial charge in [0, 0.05) is 25.1 Å². The maximum Gasteiger partial charge on any atom is 0.416 e. The van der Waals surface area contributed by atoms with Gasteiger partial charge >= 0.3 is 6.18 Å². The fraction of sp³-hybridized carbons (Fsp3) is 0.269. The number of alkyl halides is 3. The number of nitrogens with zero attached hydrogens (tertiary/aromatic N) is 2. The minimum absolute atomic E-state index is 0.164. The zero-order valence-electron chi connectivity index (χ0n) is 18.9. The van der Waals surface area contributed by atoms with Crippen LogP contribution in [-0.4, -0.2) is 24.1 Å². The Hall–Kier alpha value is -3.90. The van der Waals surface area contributed by atoms with Gasteiger partial charge in [-0.2, -0.15) is 18.4 Å². The fourth-order valence-electron chi connectivity index (χ4n) is 4.11. The smallest absolute Gasteiger partial charge is 0.416 e. The number of aryl methyl sites for hydroxylation is 1. The van der Waals surface area contributed by atoms with Gasteiger partial charge in [-0.05, 0) is 67.3 Å². The van der Waals surface area contributed by atoms with E-state index in [-0.39, 0.29) is 37.5 Å². The molecule has 1 aliphatic heterocycles. The van der Waals surface area contributed by atoms with Gasteiger partial charge in [0.1, 0.15) is 17.4 Å². The summed E-state index contributed by atoms with van der Waals surface area (Å²) in [4.78, 5) is 17.6. The zero-order valence-corrected chi connectivity index (χ0v) is 18.9. The number of carbonyl (C=O) groups is 1. The maximum atomic E-state index is 13.5. The number of rotatable bonds is 5. The quantitative estimate of drug-likeness (QED) is 0.501. The van der Waals surface area contributed by atoms with Crippen molar-refractivity contribution in [3.8, 4) is 17.7 Å². The lowest BCUT2D eigenvalue weighted by Crippen LogP contribution is -2.45. The number of nitriles is 1. The van der Waals surface area contributed by atoms with Crippen molar-refractivity contribution in [1.82, 2.24) is 4.98 Å². The molecule has 1 saturated heterocycles. The third-order valence-electron chi connectivity index (χ3n) is 6.08. The number of anilines is 1. The van der Waals surface area contributed by atoms with Gasteiger partial charge in [0.15, 0.2) is 0 Å². The van der Waals surface area contributed by atoms with Crippen molar-refractivity contribution >= 4 is 11.6 Å². The molecular weight excluding hydrogens is 459 g/mol. The average molecular weight is 481 g/mol. The highest BCUT2D eigenvalue weighted by Gasteiger charge is 2.43. The first-order chi connectivity index (χ1) is 16.7. The topological polar surface area (TPSA) is 84.2 Å². The third kappa shape index (κ3) is 5.12. The van der Waals surface area contributed by atoms with Gasteiger partial charge in [0.25, 0.3) is 0 Å². The Labute approximate surface area is 200 Å². The molecule has 1 amide bonds. The second-order valence-corrected chi connectivity index (χ2v) is 8.27. The predicted octanol–water partition coefficient (Wildman–Crippen LogP) is 5.76. The van der Waals surface area contributed by atoms with Crippen LogP contribution < -0.4 is 10.1 Å². The zero-order chi connectivity index (χ0) is 25.1. The lowest BCUT2D eigenvalue weighted by atomic mass is 9.73. The summed E-state index contributed by atoms with van der Waals surface area (Å²) < 4.78 is 51.2. The van der Waals surface area contributed by atoms with Gasteiger partial charge in [-0.3, -0.25) is 4.79 Å². The van der Waals surface area contributed by atoms with Gasteiger partial charge in [-0.15, -0.1) is 0 Å². The number of ether oxygens (including phenoxy) is 2. The van der Waals surface area contributed by atoms with Crippen LogP contribution in [0.3, 0.4) is 0 Å². The number of carbonyl (C=O) groups excluding carboxylic acids is 1. The van der Waals surface area contributed by atoms with Crippen LogP contribution in [0.15, 0.2) is 60.8 Å². The lowest BCUT2D eigenvalue weighted by molar-refractivity contribution is -0.138. The van der Waals surface area contributed by atoms with Crippen molar-refractivity contribution in [2.24, 2.45) is 0 Å². The Morgan fingerprint density at radius 1 is 1.14 bits per heavy atom. The normalized spacial score (nSPS) is 15.2. The summed E-state index contributed by atoms with van der Waals surface area (Å²) in [6.07, 6.45) is -2.48. The highest BCUT2D eigenvalue weighted by atomic mass is 19.4. The average Bonchev–Trinajstić information content (AvgIpc) is 2.86. The molecule has 0 aliphatic carbocycles. The molecule has 0 bridgehead atoms. The molecule has 2 aromatic carbocycles. The second kappa shape index (κ2) is 9.76. The van der Waals surface area contributed by atoms with E-state index in [0.29, 0.717) is 22.6 Å². The molecule has 6 nitrogen and oxygen atoms in total. The summed E-state index contributed by atoms with van der Waals surface area (Å²) in [5.41, 5.74) is -0.178. The molecule has 0 unspecified atom stereocenters. The largest absolute Gasteiger partial charge is 0.438 e. The van der Waals surface area contributed by atoms with E-state index in [4.69, 9.17) is 9.47 Å². The minimum atomic E-state index is -4.51. The molecule has 1 aromatic heterocycles. The van der Waals surface area contributed by atoms with Crippen LogP contribution in [0.1, 0.15) is 35.1 Å². The van der Waals surface area contributed by atoms with E-state index >= 15 is 0 Å². The standard InChI is InChI=1S/C26H22F3N3O3/c1-17-14-21(35-23-18(16-30)4-3-11-31-23)7-8-22(17)32-24(33)25(9-12-34-13-10-25)19-5-2-6-20(15-19)26(27,28)29/h2-8,11,14-15H,9-10,12-13H2,1H3,(H,32,33). The van der Waals surface area contributed by atoms with Crippen LogP contribution >= 0.6 is 0 Å². The number of nitrogens with one attached hydrogen (secondary N) is 1. The van der Waals surface area contributed by atoms with Crippen LogP contribution in [0.2, 0.25) is 0 Å². The van der Waals surface area contributed by atoms with Crippen LogP contribution in [0.25, 0.3) is 0 Å². The fourth-order valence-corrected chi connectivity index (χ4v) is 4.11. The van der Waals surface area contributed by atoms with Crippen LogP contribution in [-0.2, 0) is 21.1 Å². The number of halogens is 3. The van der Waals surface area contributed by atoms with Gasteiger partial charge in [-0.1, -0.05) is 18.2 Å². The number of hydrogen-bond acceptors (Lipinski definition) is 5. The maximum absolute atomic E-state index is 13.5. The van der Waals surface area contributed by atoms with E-state index < -0.39 is 23.1 Å². The summed E-state index contributed by atoms with van der Waals surface area (Å²) in [5, 5.41) is 12.1. The second-order valence-electron chi connectivity index (χ2n) is 8.27. The van der Waals surface area contributed by atoms with Gasteiger partial charge < -0.3 is 14.8 Å². The van der Waals surface area contributed by atoms with Gasteiger partial charge in [0.2, 0.25) is 11.8 Å². The molecule has 3 aromatic rings. The van der Waals surface area contributed by atoms with Gasteiger partial charge in [0.05, 0.1) is 11.0 Å². The van der Waals surface area contributed by atoms with E-state index in [1.54, 1.807) is 43.3 Å². The number of hydrogen-bond donors (Lipinski definition) is 1. The molecule has 1 N–H and O–H groups in total. The van der Waals surface area contributed by atoms with E-state index in [1.807, 2.05) is 6.07 Å². The Bertz CT molecular complexity index is 1280. The van der Waals surface area contributed by atoms with Crippen LogP contribution in [0, 0.1) is 18.3 Å². The molecule has 35 heavy (non-hydrogen) atoms. The molecule has 4 rings (SSSR count). The predicted molar refractivity (Wildman–Crippen MR) is 122 cm³/mol. The molecule has 2 heterocycles. The highest BCUT2D eigenvalue weighted by molar-refractivity contribution is 6.00. The highest BCUT2D eigenvalue weighted by Crippen LogP contribution is 2.39. The van der Waals surface area contributed by atoms with E-state index in [9.17, 15) is 23.2 Å². The molecule has 1 fully saturated rings. The minimum Gasteiger partial charge on any atom is -0.438 e. The molecule has 0 saturated carbocycles. The third-order valence-corrected chi connectivity index (χ3v) is 6.08. The Balaban J connectivity index is 1.60. The molecule has 0 spiro atoms. The summed E-state index contributed by atoms with van der Waals surface area (Å²) in [5.74, 6) is 0.194.